The molecule has 6 heteroatoms. The summed E-state index contributed by atoms with van der Waals surface area (Å²) in [5.74, 6) is -0.137. The molecule has 1 N–H and O–H groups in total. The molecule has 0 atom stereocenters. The van der Waals surface area contributed by atoms with Crippen molar-refractivity contribution in [2.24, 2.45) is 0 Å². The second-order valence-electron chi connectivity index (χ2n) is 2.37. The highest BCUT2D eigenvalue weighted by atomic mass is 79.9. The number of hydrogen-bond donors (Lipinski definition) is 1. The second kappa shape index (κ2) is 3.19. The molecule has 2 rings (SSSR count). The van der Waals surface area contributed by atoms with Gasteiger partial charge in [-0.15, -0.1) is 11.3 Å². The fourth-order valence-electron chi connectivity index (χ4n) is 1.06. The van der Waals surface area contributed by atoms with Crippen molar-refractivity contribution >= 4 is 33.2 Å². The molecule has 70 valence electrons. The summed E-state index contributed by atoms with van der Waals surface area (Å²) in [5.41, 5.74) is 0. The Labute approximate surface area is 86.2 Å². The van der Waals surface area contributed by atoms with Gasteiger partial charge in [-0.05, 0) is 15.9 Å². The molecule has 1 aliphatic heterocycles. The Morgan fingerprint density at radius 3 is 2.62 bits per heavy atom. The van der Waals surface area contributed by atoms with Crippen molar-refractivity contribution in [1.29, 1.82) is 0 Å². The third kappa shape index (κ3) is 1.40. The zero-order valence-corrected chi connectivity index (χ0v) is 8.77. The summed E-state index contributed by atoms with van der Waals surface area (Å²) in [4.78, 5) is 10.9. The summed E-state index contributed by atoms with van der Waals surface area (Å²) in [7, 11) is 0. The Kier molecular flexibility index (Phi) is 2.17. The van der Waals surface area contributed by atoms with Gasteiger partial charge in [0.05, 0.1) is 0 Å². The molecule has 0 bridgehead atoms. The number of aromatic carboxylic acids is 1. The first-order valence-electron chi connectivity index (χ1n) is 3.51. The van der Waals surface area contributed by atoms with Crippen LogP contribution in [-0.2, 0) is 0 Å². The molecule has 0 fully saturated rings. The monoisotopic (exact) mass is 264 g/mol. The minimum Gasteiger partial charge on any atom is -0.484 e. The zero-order valence-electron chi connectivity index (χ0n) is 6.37. The molecule has 0 saturated heterocycles. The molecule has 0 spiro atoms. The van der Waals surface area contributed by atoms with Crippen LogP contribution in [0.5, 0.6) is 11.5 Å². The van der Waals surface area contributed by atoms with E-state index in [4.69, 9.17) is 14.6 Å². The van der Waals surface area contributed by atoms with E-state index in [1.165, 1.54) is 0 Å². The first-order valence-corrected chi connectivity index (χ1v) is 5.12. The average Bonchev–Trinajstić information content (AvgIpc) is 2.45. The van der Waals surface area contributed by atoms with Crippen LogP contribution < -0.4 is 9.47 Å². The third-order valence-electron chi connectivity index (χ3n) is 1.55. The number of carboxylic acid groups (broad SMARTS) is 1. The average molecular weight is 265 g/mol. The Bertz CT molecular complexity index is 360. The Hall–Kier alpha value is -0.750. The Balaban J connectivity index is 2.53. The van der Waals surface area contributed by atoms with Crippen LogP contribution in [0.2, 0.25) is 0 Å². The fraction of sp³-hybridized carbons (Fsp3) is 0.286. The lowest BCUT2D eigenvalue weighted by atomic mass is 10.4. The third-order valence-corrected chi connectivity index (χ3v) is 3.33. The van der Waals surface area contributed by atoms with Crippen molar-refractivity contribution in [3.8, 4) is 11.5 Å². The number of hydrogen-bond acceptors (Lipinski definition) is 4. The highest BCUT2D eigenvalue weighted by Gasteiger charge is 2.26. The summed E-state index contributed by atoms with van der Waals surface area (Å²) in [6.07, 6.45) is 0. The van der Waals surface area contributed by atoms with Gasteiger partial charge in [0.1, 0.15) is 17.0 Å². The first-order chi connectivity index (χ1) is 6.20. The molecule has 0 aromatic carbocycles. The molecule has 1 aliphatic rings. The van der Waals surface area contributed by atoms with Crippen LogP contribution in [0.15, 0.2) is 3.79 Å². The van der Waals surface area contributed by atoms with Crippen molar-refractivity contribution in [2.45, 2.75) is 0 Å². The zero-order chi connectivity index (χ0) is 9.42. The van der Waals surface area contributed by atoms with Gasteiger partial charge < -0.3 is 14.6 Å². The number of thiophene rings is 1. The maximum atomic E-state index is 10.7. The van der Waals surface area contributed by atoms with E-state index >= 15 is 0 Å². The van der Waals surface area contributed by atoms with Crippen LogP contribution in [0.25, 0.3) is 0 Å². The maximum absolute atomic E-state index is 10.7. The predicted octanol–water partition coefficient (Wildman–Crippen LogP) is 1.98. The van der Waals surface area contributed by atoms with Crippen molar-refractivity contribution < 1.29 is 19.4 Å². The predicted molar refractivity (Wildman–Crippen MR) is 50.0 cm³/mol. The van der Waals surface area contributed by atoms with Crippen molar-refractivity contribution in [2.75, 3.05) is 13.2 Å². The number of carboxylic acids is 1. The largest absolute Gasteiger partial charge is 0.484 e. The summed E-state index contributed by atoms with van der Waals surface area (Å²) in [6.45, 7) is 0.859. The topological polar surface area (TPSA) is 55.8 Å². The van der Waals surface area contributed by atoms with Crippen LogP contribution >= 0.6 is 27.3 Å². The van der Waals surface area contributed by atoms with E-state index in [-0.39, 0.29) is 4.88 Å². The summed E-state index contributed by atoms with van der Waals surface area (Å²) >= 11 is 4.33. The van der Waals surface area contributed by atoms with Gasteiger partial charge in [-0.2, -0.15) is 0 Å². The number of fused-ring (bicyclic) bond motifs is 1. The van der Waals surface area contributed by atoms with Crippen molar-refractivity contribution in [3.05, 3.63) is 8.66 Å². The van der Waals surface area contributed by atoms with Crippen molar-refractivity contribution in [3.63, 3.8) is 0 Å². The molecule has 0 saturated carbocycles. The van der Waals surface area contributed by atoms with E-state index in [0.29, 0.717) is 28.5 Å². The minimum atomic E-state index is -0.988. The number of ether oxygens (including phenoxy) is 2. The summed E-state index contributed by atoms with van der Waals surface area (Å²) in [6, 6.07) is 0. The lowest BCUT2D eigenvalue weighted by molar-refractivity contribution is 0.0693. The van der Waals surface area contributed by atoms with Gasteiger partial charge in [0.15, 0.2) is 16.4 Å². The van der Waals surface area contributed by atoms with Gasteiger partial charge in [0, 0.05) is 0 Å². The highest BCUT2D eigenvalue weighted by Crippen LogP contribution is 2.46. The molecular formula is C7H5BrO4S. The molecule has 0 amide bonds. The van der Waals surface area contributed by atoms with E-state index in [2.05, 4.69) is 15.9 Å². The summed E-state index contributed by atoms with van der Waals surface area (Å²) in [5, 5.41) is 8.81. The first kappa shape index (κ1) is 8.83. The molecule has 1 aromatic heterocycles. The molecule has 0 aliphatic carbocycles. The number of rotatable bonds is 1. The lowest BCUT2D eigenvalue weighted by Crippen LogP contribution is -2.15. The standard InChI is InChI=1S/C7H5BrO4S/c8-6-4-3(11-1-2-12-4)5(13-6)7(9)10/h1-2H2,(H,9,10). The molecule has 13 heavy (non-hydrogen) atoms. The van der Waals surface area contributed by atoms with Crippen LogP contribution in [0.4, 0.5) is 0 Å². The van der Waals surface area contributed by atoms with E-state index in [1.807, 2.05) is 0 Å². The lowest BCUT2D eigenvalue weighted by Gasteiger charge is -2.15. The van der Waals surface area contributed by atoms with E-state index in [9.17, 15) is 4.79 Å². The number of carbonyl (C=O) groups is 1. The molecule has 4 nitrogen and oxygen atoms in total. The molecule has 0 unspecified atom stereocenters. The molecule has 1 aromatic rings. The van der Waals surface area contributed by atoms with Gasteiger partial charge in [-0.3, -0.25) is 0 Å². The minimum absolute atomic E-state index is 0.182. The van der Waals surface area contributed by atoms with Gasteiger partial charge in [0.2, 0.25) is 0 Å². The van der Waals surface area contributed by atoms with Gasteiger partial charge in [-0.1, -0.05) is 0 Å². The van der Waals surface area contributed by atoms with Crippen LogP contribution in [0, 0.1) is 0 Å². The quantitative estimate of drug-likeness (QED) is 0.843. The maximum Gasteiger partial charge on any atom is 0.349 e. The van der Waals surface area contributed by atoms with Gasteiger partial charge in [0.25, 0.3) is 0 Å². The number of halogens is 1. The molecule has 2 heterocycles. The highest BCUT2D eigenvalue weighted by molar-refractivity contribution is 9.11. The summed E-state index contributed by atoms with van der Waals surface area (Å²) < 4.78 is 11.1. The normalized spacial score (nSPS) is 14.2. The molecule has 0 radical (unpaired) electrons. The van der Waals surface area contributed by atoms with Gasteiger partial charge >= 0.3 is 5.97 Å². The van der Waals surface area contributed by atoms with Crippen LogP contribution in [0.1, 0.15) is 9.67 Å². The smallest absolute Gasteiger partial charge is 0.349 e. The van der Waals surface area contributed by atoms with Crippen LogP contribution in [-0.4, -0.2) is 24.3 Å². The van der Waals surface area contributed by atoms with E-state index in [1.54, 1.807) is 0 Å². The van der Waals surface area contributed by atoms with Gasteiger partial charge in [-0.25, -0.2) is 4.79 Å². The Morgan fingerprint density at radius 2 is 2.00 bits per heavy atom. The SMILES string of the molecule is O=C(O)c1sc(Br)c2c1OCCO2. The molecular weight excluding hydrogens is 260 g/mol. The van der Waals surface area contributed by atoms with Crippen molar-refractivity contribution in [1.82, 2.24) is 0 Å². The Morgan fingerprint density at radius 1 is 1.38 bits per heavy atom. The fourth-order valence-corrected chi connectivity index (χ4v) is 2.59. The van der Waals surface area contributed by atoms with E-state index < -0.39 is 5.97 Å². The van der Waals surface area contributed by atoms with E-state index in [0.717, 1.165) is 11.3 Å². The second-order valence-corrected chi connectivity index (χ2v) is 4.70. The van der Waals surface area contributed by atoms with Crippen LogP contribution in [0.3, 0.4) is 0 Å².